The van der Waals surface area contributed by atoms with E-state index in [1.165, 1.54) is 12.6 Å². The second kappa shape index (κ2) is 5.06. The first-order valence-electron chi connectivity index (χ1n) is 4.94. The number of carbonyl (C=O) groups is 1. The molecule has 2 rings (SSSR count). The molecule has 0 unspecified atom stereocenters. The number of nitrogens with one attached hydrogen (secondary N) is 1. The molecule has 0 amide bonds. The minimum atomic E-state index is -0.520. The minimum absolute atomic E-state index is 0.117. The zero-order valence-corrected chi connectivity index (χ0v) is 9.08. The van der Waals surface area contributed by atoms with Crippen molar-refractivity contribution in [2.75, 3.05) is 11.9 Å². The number of aromatic nitrogens is 3. The highest BCUT2D eigenvalue weighted by Gasteiger charge is 2.12. The molecule has 17 heavy (non-hydrogen) atoms. The predicted octanol–water partition coefficient (Wildman–Crippen LogP) is 1.38. The minimum Gasteiger partial charge on any atom is -0.461 e. The second-order valence-electron chi connectivity index (χ2n) is 3.01. The average molecular weight is 234 g/mol. The normalized spacial score (nSPS) is 9.94. The third-order valence-electron chi connectivity index (χ3n) is 1.80. The van der Waals surface area contributed by atoms with Gasteiger partial charge in [0, 0.05) is 0 Å². The molecule has 0 aliphatic carbocycles. The standard InChI is InChI=1S/C10H10N4O3/c1-2-16-9(15)8-5-17-10(14-8)13-7-3-11-6-12-4-7/h3-6H,2H2,1H3,(H,13,14). The SMILES string of the molecule is CCOC(=O)c1coc(Nc2cncnc2)n1. The molecule has 7 heteroatoms. The molecule has 0 atom stereocenters. The van der Waals surface area contributed by atoms with Gasteiger partial charge in [0.25, 0.3) is 6.01 Å². The van der Waals surface area contributed by atoms with Crippen LogP contribution in [0.3, 0.4) is 0 Å². The molecule has 0 fully saturated rings. The number of anilines is 2. The number of oxazole rings is 1. The third-order valence-corrected chi connectivity index (χ3v) is 1.80. The Hall–Kier alpha value is -2.44. The lowest BCUT2D eigenvalue weighted by atomic mass is 10.5. The highest BCUT2D eigenvalue weighted by molar-refractivity contribution is 5.87. The molecule has 0 aliphatic rings. The van der Waals surface area contributed by atoms with Gasteiger partial charge in [-0.25, -0.2) is 14.8 Å². The van der Waals surface area contributed by atoms with E-state index in [2.05, 4.69) is 20.3 Å². The van der Waals surface area contributed by atoms with Gasteiger partial charge < -0.3 is 14.5 Å². The van der Waals surface area contributed by atoms with Crippen molar-refractivity contribution in [3.63, 3.8) is 0 Å². The van der Waals surface area contributed by atoms with Gasteiger partial charge in [0.1, 0.15) is 12.6 Å². The Morgan fingerprint density at radius 1 is 1.47 bits per heavy atom. The van der Waals surface area contributed by atoms with Crippen LogP contribution in [0.1, 0.15) is 17.4 Å². The molecule has 0 aromatic carbocycles. The van der Waals surface area contributed by atoms with Gasteiger partial charge in [-0.15, -0.1) is 0 Å². The van der Waals surface area contributed by atoms with Crippen molar-refractivity contribution in [2.24, 2.45) is 0 Å². The van der Waals surface area contributed by atoms with E-state index in [1.54, 1.807) is 19.3 Å². The number of rotatable bonds is 4. The molecular formula is C10H10N4O3. The fraction of sp³-hybridized carbons (Fsp3) is 0.200. The first kappa shape index (κ1) is 11.1. The van der Waals surface area contributed by atoms with E-state index in [-0.39, 0.29) is 11.7 Å². The van der Waals surface area contributed by atoms with Crippen LogP contribution in [0.15, 0.2) is 29.4 Å². The maximum Gasteiger partial charge on any atom is 0.360 e. The zero-order valence-electron chi connectivity index (χ0n) is 9.08. The lowest BCUT2D eigenvalue weighted by molar-refractivity contribution is 0.0519. The van der Waals surface area contributed by atoms with E-state index in [9.17, 15) is 4.79 Å². The second-order valence-corrected chi connectivity index (χ2v) is 3.01. The van der Waals surface area contributed by atoms with Gasteiger partial charge in [0.05, 0.1) is 24.7 Å². The lowest BCUT2D eigenvalue weighted by Gasteiger charge is -1.98. The molecule has 0 saturated heterocycles. The molecule has 0 bridgehead atoms. The summed E-state index contributed by atoms with van der Waals surface area (Å²) in [6.45, 7) is 2.01. The Kier molecular flexibility index (Phi) is 3.29. The van der Waals surface area contributed by atoms with Crippen molar-refractivity contribution in [1.82, 2.24) is 15.0 Å². The topological polar surface area (TPSA) is 90.1 Å². The number of esters is 1. The summed E-state index contributed by atoms with van der Waals surface area (Å²) in [7, 11) is 0. The highest BCUT2D eigenvalue weighted by Crippen LogP contribution is 2.14. The summed E-state index contributed by atoms with van der Waals surface area (Å²) in [5.41, 5.74) is 0.732. The number of hydrogen-bond donors (Lipinski definition) is 1. The molecule has 1 N–H and O–H groups in total. The van der Waals surface area contributed by atoms with Gasteiger partial charge in [-0.2, -0.15) is 4.98 Å². The van der Waals surface area contributed by atoms with Crippen LogP contribution in [0.2, 0.25) is 0 Å². The Labute approximate surface area is 96.9 Å². The van der Waals surface area contributed by atoms with Gasteiger partial charge >= 0.3 is 5.97 Å². The van der Waals surface area contributed by atoms with E-state index in [0.29, 0.717) is 12.3 Å². The summed E-state index contributed by atoms with van der Waals surface area (Å²) in [5.74, 6) is -0.520. The quantitative estimate of drug-likeness (QED) is 0.799. The van der Waals surface area contributed by atoms with E-state index in [4.69, 9.17) is 9.15 Å². The molecular weight excluding hydrogens is 224 g/mol. The third kappa shape index (κ3) is 2.77. The Morgan fingerprint density at radius 2 is 2.24 bits per heavy atom. The molecule has 0 aliphatic heterocycles. The van der Waals surface area contributed by atoms with Crippen LogP contribution in [0, 0.1) is 0 Å². The summed E-state index contributed by atoms with van der Waals surface area (Å²) in [6.07, 6.45) is 5.75. The number of hydrogen-bond acceptors (Lipinski definition) is 7. The highest BCUT2D eigenvalue weighted by atomic mass is 16.5. The van der Waals surface area contributed by atoms with Crippen LogP contribution >= 0.6 is 0 Å². The molecule has 0 saturated carbocycles. The largest absolute Gasteiger partial charge is 0.461 e. The first-order chi connectivity index (χ1) is 8.29. The molecule has 0 radical (unpaired) electrons. The predicted molar refractivity (Wildman–Crippen MR) is 57.8 cm³/mol. The van der Waals surface area contributed by atoms with Gasteiger partial charge in [-0.1, -0.05) is 0 Å². The molecule has 0 spiro atoms. The summed E-state index contributed by atoms with van der Waals surface area (Å²) in [4.78, 5) is 22.9. The number of carbonyl (C=O) groups excluding carboxylic acids is 1. The van der Waals surface area contributed by atoms with Crippen molar-refractivity contribution in [3.8, 4) is 0 Å². The Bertz CT molecular complexity index is 497. The fourth-order valence-corrected chi connectivity index (χ4v) is 1.12. The Morgan fingerprint density at radius 3 is 2.94 bits per heavy atom. The van der Waals surface area contributed by atoms with Crippen molar-refractivity contribution in [3.05, 3.63) is 30.7 Å². The van der Waals surface area contributed by atoms with Gasteiger partial charge in [-0.05, 0) is 6.92 Å². The van der Waals surface area contributed by atoms with Crippen LogP contribution in [-0.4, -0.2) is 27.5 Å². The molecule has 88 valence electrons. The zero-order chi connectivity index (χ0) is 12.1. The summed E-state index contributed by atoms with van der Waals surface area (Å²) in [5, 5.41) is 2.81. The van der Waals surface area contributed by atoms with Crippen LogP contribution < -0.4 is 5.32 Å². The van der Waals surface area contributed by atoms with Gasteiger partial charge in [0.2, 0.25) is 0 Å². The van der Waals surface area contributed by atoms with Crippen LogP contribution in [0.4, 0.5) is 11.7 Å². The molecule has 2 aromatic rings. The van der Waals surface area contributed by atoms with E-state index in [1.807, 2.05) is 0 Å². The van der Waals surface area contributed by atoms with Crippen molar-refractivity contribution in [2.45, 2.75) is 6.92 Å². The lowest BCUT2D eigenvalue weighted by Crippen LogP contribution is -2.05. The van der Waals surface area contributed by atoms with Crippen LogP contribution in [0.5, 0.6) is 0 Å². The van der Waals surface area contributed by atoms with Crippen molar-refractivity contribution >= 4 is 17.7 Å². The average Bonchev–Trinajstić information content (AvgIpc) is 2.79. The van der Waals surface area contributed by atoms with Crippen molar-refractivity contribution in [1.29, 1.82) is 0 Å². The monoisotopic (exact) mass is 234 g/mol. The van der Waals surface area contributed by atoms with E-state index in [0.717, 1.165) is 0 Å². The van der Waals surface area contributed by atoms with Crippen LogP contribution in [-0.2, 0) is 4.74 Å². The maximum atomic E-state index is 11.3. The summed E-state index contributed by atoms with van der Waals surface area (Å²) in [6, 6.07) is 0.183. The summed E-state index contributed by atoms with van der Waals surface area (Å²) >= 11 is 0. The first-order valence-corrected chi connectivity index (χ1v) is 4.94. The molecule has 2 heterocycles. The fourth-order valence-electron chi connectivity index (χ4n) is 1.12. The maximum absolute atomic E-state index is 11.3. The summed E-state index contributed by atoms with van der Waals surface area (Å²) < 4.78 is 9.83. The van der Waals surface area contributed by atoms with E-state index >= 15 is 0 Å². The Balaban J connectivity index is 2.06. The van der Waals surface area contributed by atoms with Gasteiger partial charge in [-0.3, -0.25) is 0 Å². The molecule has 2 aromatic heterocycles. The molecule has 7 nitrogen and oxygen atoms in total. The van der Waals surface area contributed by atoms with Crippen molar-refractivity contribution < 1.29 is 13.9 Å². The van der Waals surface area contributed by atoms with E-state index < -0.39 is 5.97 Å². The number of nitrogens with zero attached hydrogens (tertiary/aromatic N) is 3. The van der Waals surface area contributed by atoms with Gasteiger partial charge in [0.15, 0.2) is 5.69 Å². The number of ether oxygens (including phenoxy) is 1. The van der Waals surface area contributed by atoms with Crippen LogP contribution in [0.25, 0.3) is 0 Å². The smallest absolute Gasteiger partial charge is 0.360 e.